The van der Waals surface area contributed by atoms with Crippen molar-refractivity contribution in [3.63, 3.8) is 0 Å². The topological polar surface area (TPSA) is 70.1 Å². The summed E-state index contributed by atoms with van der Waals surface area (Å²) in [6, 6.07) is 9.55. The Labute approximate surface area is 107 Å². The lowest BCUT2D eigenvalue weighted by Gasteiger charge is -2.37. The molecule has 1 heterocycles. The van der Waals surface area contributed by atoms with Gasteiger partial charge in [-0.1, -0.05) is 19.1 Å². The molecule has 0 aliphatic carbocycles. The first kappa shape index (κ1) is 12.4. The minimum absolute atomic E-state index is 0.296. The Bertz CT molecular complexity index is 506. The Morgan fingerprint density at radius 1 is 1.56 bits per heavy atom. The Morgan fingerprint density at radius 2 is 2.28 bits per heavy atom. The summed E-state index contributed by atoms with van der Waals surface area (Å²) in [5.41, 5.74) is 6.38. The number of carbonyl (C=O) groups is 1. The Hall–Kier alpha value is -2.02. The van der Waals surface area contributed by atoms with Gasteiger partial charge in [-0.2, -0.15) is 5.26 Å². The van der Waals surface area contributed by atoms with Crippen molar-refractivity contribution in [3.05, 3.63) is 29.8 Å². The molecule has 1 amide bonds. The maximum atomic E-state index is 11.8. The van der Waals surface area contributed by atoms with Crippen LogP contribution in [-0.4, -0.2) is 18.0 Å². The molecule has 1 fully saturated rings. The van der Waals surface area contributed by atoms with Crippen molar-refractivity contribution in [1.82, 2.24) is 0 Å². The highest BCUT2D eigenvalue weighted by atomic mass is 16.1. The highest BCUT2D eigenvalue weighted by molar-refractivity contribution is 5.90. The fraction of sp³-hybridized carbons (Fsp3) is 0.429. The maximum Gasteiger partial charge on any atom is 0.243 e. The first-order valence-electron chi connectivity index (χ1n) is 6.22. The van der Waals surface area contributed by atoms with Gasteiger partial charge in [0.15, 0.2) is 0 Å². The second-order valence-corrected chi connectivity index (χ2v) is 4.63. The summed E-state index contributed by atoms with van der Waals surface area (Å²) >= 11 is 0. The molecule has 1 atom stereocenters. The molecule has 1 aliphatic rings. The lowest BCUT2D eigenvalue weighted by molar-refractivity contribution is -0.123. The number of carbonyl (C=O) groups excluding carboxylic acids is 1. The smallest absolute Gasteiger partial charge is 0.243 e. The van der Waals surface area contributed by atoms with E-state index in [1.165, 1.54) is 0 Å². The van der Waals surface area contributed by atoms with Crippen molar-refractivity contribution >= 4 is 11.6 Å². The molecule has 0 spiro atoms. The van der Waals surface area contributed by atoms with E-state index in [0.717, 1.165) is 25.1 Å². The average Bonchev–Trinajstić information content (AvgIpc) is 2.83. The predicted octanol–water partition coefficient (Wildman–Crippen LogP) is 1.79. The third kappa shape index (κ3) is 1.72. The molecule has 2 N–H and O–H groups in total. The zero-order valence-electron chi connectivity index (χ0n) is 10.5. The van der Waals surface area contributed by atoms with Gasteiger partial charge in [0.05, 0.1) is 11.3 Å². The molecular formula is C14H17N3O. The van der Waals surface area contributed by atoms with Crippen LogP contribution in [0.1, 0.15) is 31.7 Å². The van der Waals surface area contributed by atoms with E-state index in [4.69, 9.17) is 11.0 Å². The van der Waals surface area contributed by atoms with Crippen LogP contribution in [0.2, 0.25) is 0 Å². The van der Waals surface area contributed by atoms with E-state index < -0.39 is 5.54 Å². The second kappa shape index (κ2) is 4.69. The summed E-state index contributed by atoms with van der Waals surface area (Å²) in [5.74, 6) is -0.296. The first-order chi connectivity index (χ1) is 8.65. The van der Waals surface area contributed by atoms with Crippen molar-refractivity contribution in [2.45, 2.75) is 31.7 Å². The van der Waals surface area contributed by atoms with Crippen LogP contribution in [0.15, 0.2) is 24.3 Å². The molecule has 0 unspecified atom stereocenters. The van der Waals surface area contributed by atoms with E-state index in [9.17, 15) is 4.79 Å². The summed E-state index contributed by atoms with van der Waals surface area (Å²) < 4.78 is 0. The largest absolute Gasteiger partial charge is 0.368 e. The Kier molecular flexibility index (Phi) is 3.24. The van der Waals surface area contributed by atoms with Gasteiger partial charge >= 0.3 is 0 Å². The summed E-state index contributed by atoms with van der Waals surface area (Å²) in [6.07, 6.45) is 2.36. The van der Waals surface area contributed by atoms with Gasteiger partial charge in [-0.05, 0) is 31.4 Å². The molecule has 2 rings (SSSR count). The number of nitrogens with zero attached hydrogens (tertiary/aromatic N) is 2. The molecular weight excluding hydrogens is 226 g/mol. The number of nitriles is 1. The Balaban J connectivity index is 2.50. The van der Waals surface area contributed by atoms with Crippen LogP contribution in [0.4, 0.5) is 5.69 Å². The molecule has 0 radical (unpaired) electrons. The molecule has 0 bridgehead atoms. The normalized spacial score (nSPS) is 22.8. The second-order valence-electron chi connectivity index (χ2n) is 4.63. The molecule has 1 saturated heterocycles. The van der Waals surface area contributed by atoms with Crippen molar-refractivity contribution in [2.75, 3.05) is 11.4 Å². The number of para-hydroxylation sites is 1. The van der Waals surface area contributed by atoms with Crippen molar-refractivity contribution in [1.29, 1.82) is 5.26 Å². The minimum atomic E-state index is -0.632. The maximum absolute atomic E-state index is 11.8. The predicted molar refractivity (Wildman–Crippen MR) is 70.0 cm³/mol. The van der Waals surface area contributed by atoms with Gasteiger partial charge in [-0.25, -0.2) is 0 Å². The number of benzene rings is 1. The summed E-state index contributed by atoms with van der Waals surface area (Å²) in [6.45, 7) is 2.74. The van der Waals surface area contributed by atoms with Crippen LogP contribution in [0, 0.1) is 11.3 Å². The van der Waals surface area contributed by atoms with Crippen molar-refractivity contribution in [2.24, 2.45) is 5.73 Å². The van der Waals surface area contributed by atoms with Gasteiger partial charge in [-0.15, -0.1) is 0 Å². The molecule has 4 heteroatoms. The van der Waals surface area contributed by atoms with Gasteiger partial charge in [-0.3, -0.25) is 4.79 Å². The molecule has 1 aliphatic heterocycles. The van der Waals surface area contributed by atoms with Gasteiger partial charge in [0.25, 0.3) is 0 Å². The molecule has 0 aromatic heterocycles. The summed E-state index contributed by atoms with van der Waals surface area (Å²) in [4.78, 5) is 13.8. The quantitative estimate of drug-likeness (QED) is 0.879. The van der Waals surface area contributed by atoms with Crippen molar-refractivity contribution in [3.8, 4) is 6.07 Å². The Morgan fingerprint density at radius 3 is 2.89 bits per heavy atom. The number of rotatable bonds is 3. The van der Waals surface area contributed by atoms with Gasteiger partial charge in [0.1, 0.15) is 11.6 Å². The van der Waals surface area contributed by atoms with E-state index in [0.29, 0.717) is 12.0 Å². The van der Waals surface area contributed by atoms with Crippen LogP contribution >= 0.6 is 0 Å². The highest BCUT2D eigenvalue weighted by Gasteiger charge is 2.45. The number of anilines is 1. The number of primary amides is 1. The SMILES string of the molecule is CC[C@]1(C(N)=O)CCCN1c1ccccc1C#N. The number of hydrogen-bond acceptors (Lipinski definition) is 3. The van der Waals surface area contributed by atoms with Gasteiger partial charge in [0.2, 0.25) is 5.91 Å². The number of amides is 1. The molecule has 4 nitrogen and oxygen atoms in total. The van der Waals surface area contributed by atoms with Crippen molar-refractivity contribution < 1.29 is 4.79 Å². The molecule has 94 valence electrons. The van der Waals surface area contributed by atoms with E-state index in [-0.39, 0.29) is 5.91 Å². The fourth-order valence-corrected chi connectivity index (χ4v) is 2.83. The molecule has 1 aromatic carbocycles. The number of hydrogen-bond donors (Lipinski definition) is 1. The number of nitrogens with two attached hydrogens (primary N) is 1. The highest BCUT2D eigenvalue weighted by Crippen LogP contribution is 2.37. The first-order valence-corrected chi connectivity index (χ1v) is 6.22. The molecule has 0 saturated carbocycles. The zero-order chi connectivity index (χ0) is 13.2. The third-order valence-corrected chi connectivity index (χ3v) is 3.85. The monoisotopic (exact) mass is 243 g/mol. The van der Waals surface area contributed by atoms with Gasteiger partial charge in [0, 0.05) is 6.54 Å². The lowest BCUT2D eigenvalue weighted by Crippen LogP contribution is -2.54. The zero-order valence-corrected chi connectivity index (χ0v) is 10.5. The van der Waals surface area contributed by atoms with Gasteiger partial charge < -0.3 is 10.6 Å². The summed E-state index contributed by atoms with van der Waals surface area (Å²) in [5, 5.41) is 9.17. The average molecular weight is 243 g/mol. The van der Waals surface area contributed by atoms with E-state index in [1.54, 1.807) is 6.07 Å². The van der Waals surface area contributed by atoms with Crippen LogP contribution in [0.25, 0.3) is 0 Å². The van der Waals surface area contributed by atoms with E-state index >= 15 is 0 Å². The van der Waals surface area contributed by atoms with E-state index in [1.807, 2.05) is 30.0 Å². The van der Waals surface area contributed by atoms with E-state index in [2.05, 4.69) is 6.07 Å². The fourth-order valence-electron chi connectivity index (χ4n) is 2.83. The van der Waals surface area contributed by atoms with Crippen LogP contribution < -0.4 is 10.6 Å². The van der Waals surface area contributed by atoms with Crippen LogP contribution in [-0.2, 0) is 4.79 Å². The van der Waals surface area contributed by atoms with Crippen LogP contribution in [0.5, 0.6) is 0 Å². The molecule has 1 aromatic rings. The van der Waals surface area contributed by atoms with Crippen LogP contribution in [0.3, 0.4) is 0 Å². The summed E-state index contributed by atoms with van der Waals surface area (Å²) in [7, 11) is 0. The molecule has 18 heavy (non-hydrogen) atoms. The lowest BCUT2D eigenvalue weighted by atomic mass is 9.91. The third-order valence-electron chi connectivity index (χ3n) is 3.85. The standard InChI is InChI=1S/C14H17N3O/c1-2-14(13(16)18)8-5-9-17(14)12-7-4-3-6-11(12)10-15/h3-4,6-7H,2,5,8-9H2,1H3,(H2,16,18)/t14-/m1/s1. The minimum Gasteiger partial charge on any atom is -0.368 e.